The van der Waals surface area contributed by atoms with Crippen molar-refractivity contribution in [1.29, 1.82) is 0 Å². The highest BCUT2D eigenvalue weighted by molar-refractivity contribution is 9.09. The molecule has 0 bridgehead atoms. The van der Waals surface area contributed by atoms with Gasteiger partial charge in [0.1, 0.15) is 12.1 Å². The van der Waals surface area contributed by atoms with Gasteiger partial charge in [0.05, 0.1) is 0 Å². The highest BCUT2D eigenvalue weighted by atomic mass is 79.9. The summed E-state index contributed by atoms with van der Waals surface area (Å²) in [4.78, 5) is 11.4. The van der Waals surface area contributed by atoms with Gasteiger partial charge < -0.3 is 4.90 Å². The molecule has 0 saturated heterocycles. The molecule has 0 aromatic carbocycles. The predicted molar refractivity (Wildman–Crippen MR) is 79.6 cm³/mol. The van der Waals surface area contributed by atoms with Crippen LogP contribution in [0.2, 0.25) is 0 Å². The molecule has 3 nitrogen and oxygen atoms in total. The number of aromatic nitrogens is 2. The lowest BCUT2D eigenvalue weighted by Gasteiger charge is -2.29. The van der Waals surface area contributed by atoms with E-state index in [0.29, 0.717) is 6.04 Å². The summed E-state index contributed by atoms with van der Waals surface area (Å²) in [6.45, 7) is 5.46. The first-order chi connectivity index (χ1) is 8.74. The van der Waals surface area contributed by atoms with Gasteiger partial charge in [0.15, 0.2) is 0 Å². The van der Waals surface area contributed by atoms with Gasteiger partial charge in [-0.05, 0) is 39.5 Å². The van der Waals surface area contributed by atoms with E-state index in [1.165, 1.54) is 30.5 Å². The Hall–Kier alpha value is -0.640. The summed E-state index contributed by atoms with van der Waals surface area (Å²) < 4.78 is 0. The van der Waals surface area contributed by atoms with Crippen molar-refractivity contribution in [2.45, 2.75) is 52.0 Å². The lowest BCUT2D eigenvalue weighted by atomic mass is 10.1. The predicted octanol–water partition coefficient (Wildman–Crippen LogP) is 3.36. The number of fused-ring (bicyclic) bond motifs is 1. The van der Waals surface area contributed by atoms with E-state index in [2.05, 4.69) is 44.6 Å². The molecule has 1 aliphatic carbocycles. The molecule has 0 atom stereocenters. The molecule has 1 aliphatic rings. The van der Waals surface area contributed by atoms with Crippen LogP contribution in [-0.2, 0) is 12.8 Å². The Morgan fingerprint density at radius 1 is 1.22 bits per heavy atom. The summed E-state index contributed by atoms with van der Waals surface area (Å²) >= 11 is 3.54. The maximum absolute atomic E-state index is 4.57. The highest BCUT2D eigenvalue weighted by Gasteiger charge is 2.20. The molecule has 0 amide bonds. The maximum Gasteiger partial charge on any atom is 0.135 e. The van der Waals surface area contributed by atoms with Crippen LogP contribution in [0.25, 0.3) is 0 Å². The van der Waals surface area contributed by atoms with Crippen LogP contribution in [0.3, 0.4) is 0 Å². The number of rotatable bonds is 4. The zero-order chi connectivity index (χ0) is 13.0. The van der Waals surface area contributed by atoms with Crippen molar-refractivity contribution in [3.05, 3.63) is 17.6 Å². The summed E-state index contributed by atoms with van der Waals surface area (Å²) in [6.07, 6.45) is 7.85. The van der Waals surface area contributed by atoms with Crippen LogP contribution in [0.4, 0.5) is 5.82 Å². The van der Waals surface area contributed by atoms with Gasteiger partial charge in [-0.2, -0.15) is 0 Å². The van der Waals surface area contributed by atoms with E-state index < -0.39 is 0 Å². The second kappa shape index (κ2) is 6.50. The minimum absolute atomic E-state index is 0.477. The van der Waals surface area contributed by atoms with E-state index in [1.807, 2.05) is 0 Å². The number of alkyl halides is 1. The molecule has 0 N–H and O–H groups in total. The minimum atomic E-state index is 0.477. The Morgan fingerprint density at radius 3 is 2.72 bits per heavy atom. The summed E-state index contributed by atoms with van der Waals surface area (Å²) in [6, 6.07) is 0.477. The normalized spacial score (nSPS) is 15.3. The van der Waals surface area contributed by atoms with Gasteiger partial charge in [0.2, 0.25) is 0 Å². The number of aryl methyl sites for hydroxylation is 1. The second-order valence-electron chi connectivity index (χ2n) is 5.16. The molecule has 2 rings (SSSR count). The molecular formula is C14H22BrN3. The van der Waals surface area contributed by atoms with Crippen LogP contribution in [0.15, 0.2) is 6.33 Å². The lowest BCUT2D eigenvalue weighted by Crippen LogP contribution is -2.34. The molecule has 0 aliphatic heterocycles. The van der Waals surface area contributed by atoms with Gasteiger partial charge in [0, 0.05) is 29.2 Å². The third-order valence-electron chi connectivity index (χ3n) is 3.57. The van der Waals surface area contributed by atoms with Gasteiger partial charge in [0.25, 0.3) is 0 Å². The molecule has 18 heavy (non-hydrogen) atoms. The zero-order valence-corrected chi connectivity index (χ0v) is 12.9. The fraction of sp³-hybridized carbons (Fsp3) is 0.714. The summed E-state index contributed by atoms with van der Waals surface area (Å²) in [7, 11) is 0. The fourth-order valence-electron chi connectivity index (χ4n) is 2.63. The SMILES string of the molecule is CC(C)N(CCBr)c1ncnc2c1CCCCC2. The summed E-state index contributed by atoms with van der Waals surface area (Å²) in [5, 5.41) is 0.976. The molecule has 1 aromatic rings. The van der Waals surface area contributed by atoms with Gasteiger partial charge in [-0.3, -0.25) is 0 Å². The Kier molecular flexibility index (Phi) is 4.98. The van der Waals surface area contributed by atoms with Crippen LogP contribution in [0, 0.1) is 0 Å². The molecule has 100 valence electrons. The van der Waals surface area contributed by atoms with Gasteiger partial charge in [-0.25, -0.2) is 9.97 Å². The molecule has 0 spiro atoms. The average Bonchev–Trinajstić information content (AvgIpc) is 2.60. The van der Waals surface area contributed by atoms with Crippen molar-refractivity contribution in [1.82, 2.24) is 9.97 Å². The average molecular weight is 312 g/mol. The molecule has 1 heterocycles. The molecule has 1 aromatic heterocycles. The van der Waals surface area contributed by atoms with Crippen molar-refractivity contribution < 1.29 is 0 Å². The van der Waals surface area contributed by atoms with Crippen molar-refractivity contribution >= 4 is 21.7 Å². The van der Waals surface area contributed by atoms with Crippen LogP contribution >= 0.6 is 15.9 Å². The molecule has 0 fully saturated rings. The summed E-state index contributed by atoms with van der Waals surface area (Å²) in [5.74, 6) is 1.16. The first-order valence-corrected chi connectivity index (χ1v) is 8.01. The van der Waals surface area contributed by atoms with Crippen LogP contribution in [0.1, 0.15) is 44.4 Å². The summed E-state index contributed by atoms with van der Waals surface area (Å²) in [5.41, 5.74) is 2.67. The van der Waals surface area contributed by atoms with E-state index in [0.717, 1.165) is 30.5 Å². The number of halogens is 1. The molecule has 0 unspecified atom stereocenters. The number of hydrogen-bond donors (Lipinski definition) is 0. The Bertz CT molecular complexity index is 393. The number of nitrogens with zero attached hydrogens (tertiary/aromatic N) is 3. The first kappa shape index (κ1) is 13.8. The molecular weight excluding hydrogens is 290 g/mol. The van der Waals surface area contributed by atoms with E-state index in [1.54, 1.807) is 6.33 Å². The lowest BCUT2D eigenvalue weighted by molar-refractivity contribution is 0.684. The van der Waals surface area contributed by atoms with E-state index in [-0.39, 0.29) is 0 Å². The van der Waals surface area contributed by atoms with Gasteiger partial charge >= 0.3 is 0 Å². The third-order valence-corrected chi connectivity index (χ3v) is 3.93. The van der Waals surface area contributed by atoms with Crippen molar-refractivity contribution in [2.75, 3.05) is 16.8 Å². The Morgan fingerprint density at radius 2 is 2.00 bits per heavy atom. The topological polar surface area (TPSA) is 29.0 Å². The Balaban J connectivity index is 2.36. The van der Waals surface area contributed by atoms with Crippen LogP contribution in [-0.4, -0.2) is 27.9 Å². The smallest absolute Gasteiger partial charge is 0.135 e. The molecule has 0 saturated carbocycles. The van der Waals surface area contributed by atoms with Crippen LogP contribution in [0.5, 0.6) is 0 Å². The molecule has 4 heteroatoms. The van der Waals surface area contributed by atoms with Gasteiger partial charge in [-0.15, -0.1) is 0 Å². The third kappa shape index (κ3) is 3.02. The first-order valence-electron chi connectivity index (χ1n) is 6.89. The van der Waals surface area contributed by atoms with Gasteiger partial charge in [-0.1, -0.05) is 22.4 Å². The standard InChI is InChI=1S/C14H22BrN3/c1-11(2)18(9-8-15)14-12-6-4-3-5-7-13(12)16-10-17-14/h10-11H,3-9H2,1-2H3. The van der Waals surface area contributed by atoms with Crippen molar-refractivity contribution in [2.24, 2.45) is 0 Å². The maximum atomic E-state index is 4.57. The Labute approximate surface area is 118 Å². The van der Waals surface area contributed by atoms with E-state index in [9.17, 15) is 0 Å². The highest BCUT2D eigenvalue weighted by Crippen LogP contribution is 2.27. The number of anilines is 1. The molecule has 0 radical (unpaired) electrons. The van der Waals surface area contributed by atoms with E-state index in [4.69, 9.17) is 0 Å². The largest absolute Gasteiger partial charge is 0.353 e. The zero-order valence-electron chi connectivity index (χ0n) is 11.3. The fourth-order valence-corrected chi connectivity index (χ4v) is 3.01. The second-order valence-corrected chi connectivity index (χ2v) is 5.95. The quantitative estimate of drug-likeness (QED) is 0.630. The van der Waals surface area contributed by atoms with Crippen LogP contribution < -0.4 is 4.90 Å². The van der Waals surface area contributed by atoms with E-state index >= 15 is 0 Å². The van der Waals surface area contributed by atoms with Crippen molar-refractivity contribution in [3.63, 3.8) is 0 Å². The van der Waals surface area contributed by atoms with Crippen molar-refractivity contribution in [3.8, 4) is 0 Å². The number of hydrogen-bond acceptors (Lipinski definition) is 3. The monoisotopic (exact) mass is 311 g/mol. The minimum Gasteiger partial charge on any atom is -0.353 e.